The first-order valence-corrected chi connectivity index (χ1v) is 16.4. The van der Waals surface area contributed by atoms with Crippen LogP contribution in [-0.2, 0) is 30.9 Å². The fourth-order valence-corrected chi connectivity index (χ4v) is 7.19. The van der Waals surface area contributed by atoms with Crippen LogP contribution in [0.3, 0.4) is 0 Å². The summed E-state index contributed by atoms with van der Waals surface area (Å²) in [6.07, 6.45) is -14.0. The van der Waals surface area contributed by atoms with Crippen molar-refractivity contribution in [2.24, 2.45) is 0 Å². The Morgan fingerprint density at radius 1 is 0.500 bits per heavy atom. The molecule has 0 fully saturated rings. The zero-order chi connectivity index (χ0) is 33.4. The predicted octanol–water partition coefficient (Wildman–Crippen LogP) is 4.74. The van der Waals surface area contributed by atoms with Crippen LogP contribution >= 0.6 is 0 Å². The third-order valence-corrected chi connectivity index (χ3v) is 11.2. The van der Waals surface area contributed by atoms with Crippen LogP contribution in [0.15, 0.2) is 48.5 Å². The summed E-state index contributed by atoms with van der Waals surface area (Å²) in [6, 6.07) is 18.4. The third-order valence-electron chi connectivity index (χ3n) is 5.14. The lowest BCUT2D eigenvalue weighted by Crippen LogP contribution is -3.61. The minimum Gasteiger partial charge on any atom is -0.425 e. The molecule has 0 bridgehead atoms. The van der Waals surface area contributed by atoms with Crippen molar-refractivity contribution in [1.82, 2.24) is 0 Å². The molecule has 2 aromatic rings. The molecule has 0 spiro atoms. The summed E-state index contributed by atoms with van der Waals surface area (Å²) in [4.78, 5) is 0. The lowest BCUT2D eigenvalue weighted by Gasteiger charge is -2.31. The summed E-state index contributed by atoms with van der Waals surface area (Å²) in [7, 11) is -15.2. The maximum atomic E-state index is 12.3. The van der Waals surface area contributed by atoms with Crippen molar-refractivity contribution in [3.8, 4) is 0 Å². The average molecular weight is 773 g/mol. The van der Waals surface area contributed by atoms with Gasteiger partial charge in [-0.05, 0) is 46.2 Å². The van der Waals surface area contributed by atoms with Crippen LogP contribution in [0.5, 0.6) is 0 Å². The van der Waals surface area contributed by atoms with E-state index in [2.05, 4.69) is 90.1 Å². The fourth-order valence-electron chi connectivity index (χ4n) is 2.67. The van der Waals surface area contributed by atoms with Gasteiger partial charge < -0.3 is 4.13 Å². The Bertz CT molecular complexity index is 1320. The standard InChI is InChI=1S/C20H26I.C4F10NO4S2/c1-19(2,3)15-7-11-17(12-8-15)21-18-13-9-16(10-14-18)20(4,5)6;5-1(6,7)3(11,12)20(16,17)15-21(18,19)4(13,14)2(8,9)10/h7-14H,1-6H3;/q+1;-1. The second-order valence-corrected chi connectivity index (χ2v) is 17.2. The first-order chi connectivity index (χ1) is 18.4. The lowest BCUT2D eigenvalue weighted by atomic mass is 9.87. The number of nitrogens with zero attached hydrogens (tertiary/aromatic N) is 1. The van der Waals surface area contributed by atoms with Crippen LogP contribution in [-0.4, -0.2) is 39.7 Å². The van der Waals surface area contributed by atoms with E-state index in [-0.39, 0.29) is 32.0 Å². The molecule has 0 heterocycles. The SMILES string of the molecule is CC(C)(C)c1ccc([I+]c2ccc(C(C)(C)C)cc2)cc1.O=S(=O)([N-]S(=O)(=O)C(F)(F)C(F)(F)F)C(F)(F)C(F)(F)F. The molecule has 240 valence electrons. The second kappa shape index (κ2) is 12.4. The van der Waals surface area contributed by atoms with Crippen LogP contribution in [0, 0.1) is 7.14 Å². The molecule has 5 nitrogen and oxygen atoms in total. The predicted molar refractivity (Wildman–Crippen MR) is 131 cm³/mol. The van der Waals surface area contributed by atoms with Crippen molar-refractivity contribution in [2.75, 3.05) is 0 Å². The van der Waals surface area contributed by atoms with Gasteiger partial charge in [-0.1, -0.05) is 65.8 Å². The Morgan fingerprint density at radius 2 is 0.738 bits per heavy atom. The summed E-state index contributed by atoms with van der Waals surface area (Å²) in [5.74, 6) is 0. The van der Waals surface area contributed by atoms with Gasteiger partial charge in [0.2, 0.25) is 0 Å². The monoisotopic (exact) mass is 773 g/mol. The molecule has 0 aliphatic heterocycles. The highest BCUT2D eigenvalue weighted by molar-refractivity contribution is 8.13. The minimum atomic E-state index is -7.62. The summed E-state index contributed by atoms with van der Waals surface area (Å²) in [6.45, 7) is 13.6. The van der Waals surface area contributed by atoms with Crippen molar-refractivity contribution in [2.45, 2.75) is 75.2 Å². The van der Waals surface area contributed by atoms with Crippen LogP contribution in [0.4, 0.5) is 43.9 Å². The van der Waals surface area contributed by atoms with Crippen molar-refractivity contribution < 1.29 is 81.9 Å². The van der Waals surface area contributed by atoms with E-state index in [1.165, 1.54) is 18.3 Å². The number of benzene rings is 2. The average Bonchev–Trinajstić information content (AvgIpc) is 2.76. The Hall–Kier alpha value is -1.67. The van der Waals surface area contributed by atoms with Gasteiger partial charge in [0.05, 0.1) is 0 Å². The molecule has 2 rings (SSSR count). The van der Waals surface area contributed by atoms with E-state index in [0.29, 0.717) is 4.13 Å². The summed E-state index contributed by atoms with van der Waals surface area (Å²) in [5.41, 5.74) is 3.31. The molecular formula is C24H26F10INO4S2. The third kappa shape index (κ3) is 9.17. The molecule has 0 aliphatic carbocycles. The van der Waals surface area contributed by atoms with Gasteiger partial charge in [0, 0.05) is 0 Å². The highest BCUT2D eigenvalue weighted by Gasteiger charge is 2.68. The van der Waals surface area contributed by atoms with Gasteiger partial charge in [0.25, 0.3) is 0 Å². The Morgan fingerprint density at radius 3 is 0.929 bits per heavy atom. The zero-order valence-electron chi connectivity index (χ0n) is 22.7. The molecule has 0 unspecified atom stereocenters. The molecule has 0 radical (unpaired) electrons. The molecule has 0 aliphatic rings. The topological polar surface area (TPSA) is 82.4 Å². The lowest BCUT2D eigenvalue weighted by molar-refractivity contribution is -0.597. The van der Waals surface area contributed by atoms with Crippen LogP contribution in [0.25, 0.3) is 4.13 Å². The van der Waals surface area contributed by atoms with Gasteiger partial charge in [-0.3, -0.25) is 0 Å². The molecule has 0 saturated carbocycles. The Labute approximate surface area is 247 Å². The van der Waals surface area contributed by atoms with Gasteiger partial charge >= 0.3 is 44.1 Å². The zero-order valence-corrected chi connectivity index (χ0v) is 26.5. The maximum absolute atomic E-state index is 12.3. The van der Waals surface area contributed by atoms with E-state index in [1.807, 2.05) is 0 Å². The van der Waals surface area contributed by atoms with E-state index < -0.39 is 42.9 Å². The van der Waals surface area contributed by atoms with E-state index in [1.54, 1.807) is 0 Å². The number of rotatable bonds is 6. The first kappa shape index (κ1) is 38.4. The number of sulfonamides is 2. The number of halogens is 11. The molecule has 18 heteroatoms. The number of hydrogen-bond acceptors (Lipinski definition) is 4. The second-order valence-electron chi connectivity index (χ2n) is 10.7. The van der Waals surface area contributed by atoms with Gasteiger partial charge in [-0.15, -0.1) is 0 Å². The maximum Gasteiger partial charge on any atom is 0.467 e. The number of hydrogen-bond donors (Lipinski definition) is 0. The summed E-state index contributed by atoms with van der Waals surface area (Å²) >= 11 is -0.0703. The van der Waals surface area contributed by atoms with E-state index in [4.69, 9.17) is 0 Å². The summed E-state index contributed by atoms with van der Waals surface area (Å²) < 4.78 is 164. The van der Waals surface area contributed by atoms with E-state index in [9.17, 15) is 60.7 Å². The Kier molecular flexibility index (Phi) is 11.3. The quantitative estimate of drug-likeness (QED) is 0.314. The molecular weight excluding hydrogens is 747 g/mol. The van der Waals surface area contributed by atoms with Gasteiger partial charge in [-0.2, -0.15) is 43.9 Å². The van der Waals surface area contributed by atoms with Crippen molar-refractivity contribution in [1.29, 1.82) is 0 Å². The van der Waals surface area contributed by atoms with Crippen LogP contribution < -0.4 is 21.2 Å². The van der Waals surface area contributed by atoms with Crippen molar-refractivity contribution in [3.63, 3.8) is 0 Å². The molecule has 0 amide bonds. The summed E-state index contributed by atoms with van der Waals surface area (Å²) in [5, 5.41) is -14.0. The normalized spacial score (nSPS) is 14.3. The van der Waals surface area contributed by atoms with Crippen molar-refractivity contribution >= 4 is 20.0 Å². The van der Waals surface area contributed by atoms with Gasteiger partial charge in [0.15, 0.2) is 27.2 Å². The van der Waals surface area contributed by atoms with Gasteiger partial charge in [-0.25, -0.2) is 16.8 Å². The molecule has 0 saturated heterocycles. The molecule has 42 heavy (non-hydrogen) atoms. The van der Waals surface area contributed by atoms with E-state index >= 15 is 0 Å². The van der Waals surface area contributed by atoms with Crippen LogP contribution in [0.1, 0.15) is 52.7 Å². The van der Waals surface area contributed by atoms with Gasteiger partial charge in [0.1, 0.15) is 0 Å². The van der Waals surface area contributed by atoms with Crippen LogP contribution in [0.2, 0.25) is 0 Å². The van der Waals surface area contributed by atoms with Crippen molar-refractivity contribution in [3.05, 3.63) is 70.9 Å². The molecule has 0 aromatic heterocycles. The van der Waals surface area contributed by atoms with E-state index in [0.717, 1.165) is 0 Å². The first-order valence-electron chi connectivity index (χ1n) is 11.4. The highest BCUT2D eigenvalue weighted by atomic mass is 127. The largest absolute Gasteiger partial charge is 0.467 e. The fraction of sp³-hybridized carbons (Fsp3) is 0.500. The smallest absolute Gasteiger partial charge is 0.425 e. The molecule has 2 aromatic carbocycles. The number of alkyl halides is 10. The minimum absolute atomic E-state index is 0.0703. The molecule has 0 N–H and O–H groups in total. The highest BCUT2D eigenvalue weighted by Crippen LogP contribution is 2.47. The molecule has 0 atom stereocenters. The Balaban J connectivity index is 0.000000420.